The minimum Gasteiger partial charge on any atom is -0.334 e. The van der Waals surface area contributed by atoms with Gasteiger partial charge in [-0.1, -0.05) is 12.1 Å². The predicted octanol–water partition coefficient (Wildman–Crippen LogP) is 1.72. The number of rotatable bonds is 4. The van der Waals surface area contributed by atoms with Gasteiger partial charge in [0.15, 0.2) is 15.7 Å². The molecule has 0 saturated heterocycles. The number of hydrogen-bond acceptors (Lipinski definition) is 6. The highest BCUT2D eigenvalue weighted by Crippen LogP contribution is 2.24. The highest BCUT2D eigenvalue weighted by atomic mass is 32.2. The molecule has 1 atom stereocenters. The number of sulfone groups is 1. The van der Waals surface area contributed by atoms with Crippen LogP contribution in [0, 0.1) is 0 Å². The van der Waals surface area contributed by atoms with Crippen LogP contribution in [0.15, 0.2) is 33.7 Å². The quantitative estimate of drug-likeness (QED) is 0.922. The number of hydrogen-bond donors (Lipinski definition) is 1. The van der Waals surface area contributed by atoms with Crippen LogP contribution < -0.4 is 5.73 Å². The summed E-state index contributed by atoms with van der Waals surface area (Å²) in [6, 6.07) is 6.28. The Labute approximate surface area is 117 Å². The van der Waals surface area contributed by atoms with E-state index < -0.39 is 15.4 Å². The van der Waals surface area contributed by atoms with Crippen LogP contribution in [0.4, 0.5) is 0 Å². The van der Waals surface area contributed by atoms with Gasteiger partial charge in [-0.25, -0.2) is 8.42 Å². The van der Waals surface area contributed by atoms with Crippen LogP contribution in [0.2, 0.25) is 0 Å². The molecule has 0 saturated carbocycles. The summed E-state index contributed by atoms with van der Waals surface area (Å²) < 4.78 is 27.9. The van der Waals surface area contributed by atoms with Crippen LogP contribution in [-0.4, -0.2) is 24.8 Å². The zero-order chi connectivity index (χ0) is 15.0. The van der Waals surface area contributed by atoms with E-state index in [1.165, 1.54) is 12.1 Å². The van der Waals surface area contributed by atoms with Crippen LogP contribution >= 0.6 is 0 Å². The van der Waals surface area contributed by atoms with E-state index in [-0.39, 0.29) is 4.90 Å². The van der Waals surface area contributed by atoms with Gasteiger partial charge in [-0.05, 0) is 37.6 Å². The second-order valence-corrected chi connectivity index (χ2v) is 7.01. The summed E-state index contributed by atoms with van der Waals surface area (Å²) in [5.41, 5.74) is 6.06. The maximum Gasteiger partial charge on any atom is 0.257 e. The monoisotopic (exact) mass is 295 g/mol. The Morgan fingerprint density at radius 1 is 1.30 bits per heavy atom. The summed E-state index contributed by atoms with van der Waals surface area (Å²) in [6.07, 6.45) is 1.84. The molecule has 0 bridgehead atoms. The van der Waals surface area contributed by atoms with Crippen LogP contribution in [0.5, 0.6) is 0 Å². The Kier molecular flexibility index (Phi) is 3.66. The van der Waals surface area contributed by atoms with Crippen molar-refractivity contribution in [2.24, 2.45) is 5.73 Å². The standard InChI is InChI=1S/C13H17N3O3S/c1-4-13(2,14)12-15-11(19-16-12)9-5-7-10(8-6-9)20(3,17)18/h5-8H,4,14H2,1-3H3. The van der Waals surface area contributed by atoms with E-state index in [1.807, 2.05) is 13.8 Å². The molecule has 2 aromatic rings. The third-order valence-electron chi connectivity index (χ3n) is 3.20. The lowest BCUT2D eigenvalue weighted by Crippen LogP contribution is -2.33. The van der Waals surface area contributed by atoms with E-state index in [0.717, 1.165) is 6.26 Å². The lowest BCUT2D eigenvalue weighted by Gasteiger charge is -2.16. The fraction of sp³-hybridized carbons (Fsp3) is 0.385. The molecule has 7 heteroatoms. The normalized spacial score (nSPS) is 15.0. The molecule has 2 rings (SSSR count). The first-order chi connectivity index (χ1) is 9.24. The Morgan fingerprint density at radius 3 is 2.40 bits per heavy atom. The smallest absolute Gasteiger partial charge is 0.257 e. The summed E-state index contributed by atoms with van der Waals surface area (Å²) in [7, 11) is -3.21. The van der Waals surface area contributed by atoms with Crippen molar-refractivity contribution >= 4 is 9.84 Å². The highest BCUT2D eigenvalue weighted by molar-refractivity contribution is 7.90. The lowest BCUT2D eigenvalue weighted by atomic mass is 10.0. The van der Waals surface area contributed by atoms with E-state index in [1.54, 1.807) is 12.1 Å². The SMILES string of the molecule is CCC(C)(N)c1noc(-c2ccc(S(C)(=O)=O)cc2)n1. The second-order valence-electron chi connectivity index (χ2n) is 4.99. The molecule has 1 aromatic carbocycles. The zero-order valence-electron chi connectivity index (χ0n) is 11.6. The van der Waals surface area contributed by atoms with Crippen LogP contribution in [0.3, 0.4) is 0 Å². The van der Waals surface area contributed by atoms with Gasteiger partial charge in [0.2, 0.25) is 0 Å². The summed E-state index contributed by atoms with van der Waals surface area (Å²) in [6.45, 7) is 3.77. The van der Waals surface area contributed by atoms with Gasteiger partial charge >= 0.3 is 0 Å². The van der Waals surface area contributed by atoms with Crippen molar-refractivity contribution in [3.05, 3.63) is 30.1 Å². The molecule has 6 nitrogen and oxygen atoms in total. The van der Waals surface area contributed by atoms with Gasteiger partial charge in [0.1, 0.15) is 0 Å². The minimum atomic E-state index is -3.21. The van der Waals surface area contributed by atoms with Crippen LogP contribution in [0.1, 0.15) is 26.1 Å². The molecule has 1 unspecified atom stereocenters. The summed E-state index contributed by atoms with van der Waals surface area (Å²) in [4.78, 5) is 4.51. The summed E-state index contributed by atoms with van der Waals surface area (Å²) >= 11 is 0. The minimum absolute atomic E-state index is 0.248. The zero-order valence-corrected chi connectivity index (χ0v) is 12.4. The van der Waals surface area contributed by atoms with Gasteiger partial charge in [0.05, 0.1) is 10.4 Å². The molecule has 0 fully saturated rings. The third kappa shape index (κ3) is 2.88. The van der Waals surface area contributed by atoms with Crippen molar-refractivity contribution < 1.29 is 12.9 Å². The molecule has 0 aliphatic carbocycles. The molecule has 0 amide bonds. The van der Waals surface area contributed by atoms with Crippen molar-refractivity contribution in [1.82, 2.24) is 10.1 Å². The molecule has 0 spiro atoms. The molecule has 108 valence electrons. The average Bonchev–Trinajstić information content (AvgIpc) is 2.88. The largest absolute Gasteiger partial charge is 0.334 e. The van der Waals surface area contributed by atoms with Crippen LogP contribution in [-0.2, 0) is 15.4 Å². The van der Waals surface area contributed by atoms with Gasteiger partial charge in [-0.3, -0.25) is 0 Å². The van der Waals surface area contributed by atoms with E-state index in [2.05, 4.69) is 10.1 Å². The van der Waals surface area contributed by atoms with Crippen molar-refractivity contribution in [3.63, 3.8) is 0 Å². The number of nitrogens with two attached hydrogens (primary N) is 1. The van der Waals surface area contributed by atoms with Gasteiger partial charge in [-0.15, -0.1) is 0 Å². The molecule has 0 aliphatic heterocycles. The van der Waals surface area contributed by atoms with E-state index in [4.69, 9.17) is 10.3 Å². The Balaban J connectivity index is 2.34. The highest BCUT2D eigenvalue weighted by Gasteiger charge is 2.25. The molecular weight excluding hydrogens is 278 g/mol. The Hall–Kier alpha value is -1.73. The predicted molar refractivity (Wildman–Crippen MR) is 74.7 cm³/mol. The van der Waals surface area contributed by atoms with Crippen LogP contribution in [0.25, 0.3) is 11.5 Å². The topological polar surface area (TPSA) is 99.1 Å². The second kappa shape index (κ2) is 4.99. The summed E-state index contributed by atoms with van der Waals surface area (Å²) in [5.74, 6) is 0.757. The molecule has 0 aliphatic rings. The van der Waals surface area contributed by atoms with Gasteiger partial charge in [0, 0.05) is 11.8 Å². The maximum absolute atomic E-state index is 11.4. The maximum atomic E-state index is 11.4. The fourth-order valence-electron chi connectivity index (χ4n) is 1.58. The van der Waals surface area contributed by atoms with Crippen molar-refractivity contribution in [3.8, 4) is 11.5 Å². The van der Waals surface area contributed by atoms with E-state index >= 15 is 0 Å². The van der Waals surface area contributed by atoms with Gasteiger partial charge < -0.3 is 10.3 Å². The van der Waals surface area contributed by atoms with E-state index in [9.17, 15) is 8.42 Å². The average molecular weight is 295 g/mol. The third-order valence-corrected chi connectivity index (χ3v) is 4.33. The van der Waals surface area contributed by atoms with Gasteiger partial charge in [-0.2, -0.15) is 4.98 Å². The first-order valence-corrected chi connectivity index (χ1v) is 8.07. The summed E-state index contributed by atoms with van der Waals surface area (Å²) in [5, 5.41) is 3.88. The molecule has 2 N–H and O–H groups in total. The fourth-order valence-corrected chi connectivity index (χ4v) is 2.21. The molecule has 20 heavy (non-hydrogen) atoms. The van der Waals surface area contributed by atoms with Crippen molar-refractivity contribution in [2.45, 2.75) is 30.7 Å². The Bertz CT molecular complexity index is 703. The van der Waals surface area contributed by atoms with E-state index in [0.29, 0.717) is 23.7 Å². The molecule has 0 radical (unpaired) electrons. The molecule has 1 aromatic heterocycles. The van der Waals surface area contributed by atoms with Crippen molar-refractivity contribution in [2.75, 3.05) is 6.26 Å². The first-order valence-electron chi connectivity index (χ1n) is 6.17. The number of nitrogens with zero attached hydrogens (tertiary/aromatic N) is 2. The molecule has 1 heterocycles. The lowest BCUT2D eigenvalue weighted by molar-refractivity contribution is 0.379. The molecular formula is C13H17N3O3S. The number of aromatic nitrogens is 2. The first kappa shape index (κ1) is 14.7. The Morgan fingerprint density at radius 2 is 1.90 bits per heavy atom. The van der Waals surface area contributed by atoms with Gasteiger partial charge in [0.25, 0.3) is 5.89 Å². The number of benzene rings is 1. The van der Waals surface area contributed by atoms with Crippen molar-refractivity contribution in [1.29, 1.82) is 0 Å².